The standard InChI is InChI=1S/C20H21ClFN3O2/c21-15-4-3-5-16(22)18(15)17(25-10-1-2-11-25)12-24-20(27)14-8-6-13(7-9-14)19(23)26/h3-9,17H,1-2,10-12H2,(H2,23,26)(H,24,27). The summed E-state index contributed by atoms with van der Waals surface area (Å²) in [6.07, 6.45) is 2.07. The molecule has 1 fully saturated rings. The van der Waals surface area contributed by atoms with Crippen molar-refractivity contribution in [3.8, 4) is 0 Å². The zero-order valence-corrected chi connectivity index (χ0v) is 15.5. The van der Waals surface area contributed by atoms with Crippen LogP contribution in [-0.2, 0) is 0 Å². The molecule has 1 atom stereocenters. The van der Waals surface area contributed by atoms with Gasteiger partial charge in [-0.2, -0.15) is 0 Å². The van der Waals surface area contributed by atoms with Crippen molar-refractivity contribution in [1.82, 2.24) is 10.2 Å². The van der Waals surface area contributed by atoms with Crippen LogP contribution < -0.4 is 11.1 Å². The van der Waals surface area contributed by atoms with E-state index in [1.54, 1.807) is 12.1 Å². The normalized spacial score (nSPS) is 15.5. The summed E-state index contributed by atoms with van der Waals surface area (Å²) in [5.74, 6) is -1.23. The SMILES string of the molecule is NC(=O)c1ccc(C(=O)NCC(c2c(F)cccc2Cl)N2CCCC2)cc1. The Bertz CT molecular complexity index is 815. The molecule has 1 heterocycles. The van der Waals surface area contributed by atoms with Crippen LogP contribution in [0, 0.1) is 5.82 Å². The van der Waals surface area contributed by atoms with E-state index in [-0.39, 0.29) is 24.3 Å². The highest BCUT2D eigenvalue weighted by Gasteiger charge is 2.28. The van der Waals surface area contributed by atoms with Gasteiger partial charge in [0.15, 0.2) is 0 Å². The molecule has 27 heavy (non-hydrogen) atoms. The maximum Gasteiger partial charge on any atom is 0.251 e. The number of nitrogens with two attached hydrogens (primary N) is 1. The number of benzene rings is 2. The quantitative estimate of drug-likeness (QED) is 0.796. The van der Waals surface area contributed by atoms with Gasteiger partial charge in [0.2, 0.25) is 5.91 Å². The molecule has 5 nitrogen and oxygen atoms in total. The average molecular weight is 390 g/mol. The fraction of sp³-hybridized carbons (Fsp3) is 0.300. The smallest absolute Gasteiger partial charge is 0.251 e. The van der Waals surface area contributed by atoms with Crippen molar-refractivity contribution in [1.29, 1.82) is 0 Å². The summed E-state index contributed by atoms with van der Waals surface area (Å²) >= 11 is 6.26. The van der Waals surface area contributed by atoms with Crippen LogP contribution >= 0.6 is 11.6 Å². The van der Waals surface area contributed by atoms with Crippen LogP contribution in [0.3, 0.4) is 0 Å². The topological polar surface area (TPSA) is 75.4 Å². The number of hydrogen-bond acceptors (Lipinski definition) is 3. The van der Waals surface area contributed by atoms with Crippen molar-refractivity contribution >= 4 is 23.4 Å². The monoisotopic (exact) mass is 389 g/mol. The molecule has 0 radical (unpaired) electrons. The van der Waals surface area contributed by atoms with E-state index >= 15 is 0 Å². The molecule has 1 unspecified atom stereocenters. The lowest BCUT2D eigenvalue weighted by atomic mass is 10.0. The van der Waals surface area contributed by atoms with Crippen molar-refractivity contribution < 1.29 is 14.0 Å². The Morgan fingerprint density at radius 1 is 1.11 bits per heavy atom. The fourth-order valence-electron chi connectivity index (χ4n) is 3.37. The Hall–Kier alpha value is -2.44. The Kier molecular flexibility index (Phi) is 6.08. The molecule has 0 aromatic heterocycles. The van der Waals surface area contributed by atoms with Gasteiger partial charge in [0, 0.05) is 28.3 Å². The number of nitrogens with zero attached hydrogens (tertiary/aromatic N) is 1. The van der Waals surface area contributed by atoms with E-state index in [0.29, 0.717) is 21.7 Å². The minimum atomic E-state index is -0.551. The average Bonchev–Trinajstić information content (AvgIpc) is 3.18. The Morgan fingerprint density at radius 2 is 1.74 bits per heavy atom. The fourth-order valence-corrected chi connectivity index (χ4v) is 3.66. The van der Waals surface area contributed by atoms with Gasteiger partial charge < -0.3 is 11.1 Å². The molecule has 0 saturated carbocycles. The van der Waals surface area contributed by atoms with Gasteiger partial charge in [0.1, 0.15) is 5.82 Å². The van der Waals surface area contributed by atoms with Crippen LogP contribution in [0.4, 0.5) is 4.39 Å². The van der Waals surface area contributed by atoms with E-state index in [1.165, 1.54) is 30.3 Å². The van der Waals surface area contributed by atoms with E-state index < -0.39 is 5.91 Å². The highest BCUT2D eigenvalue weighted by Crippen LogP contribution is 2.32. The summed E-state index contributed by atoms with van der Waals surface area (Å²) in [7, 11) is 0. The van der Waals surface area contributed by atoms with E-state index in [2.05, 4.69) is 10.2 Å². The molecular formula is C20H21ClFN3O2. The second-order valence-electron chi connectivity index (χ2n) is 6.55. The van der Waals surface area contributed by atoms with Gasteiger partial charge in [0.25, 0.3) is 5.91 Å². The first-order valence-corrected chi connectivity index (χ1v) is 9.21. The largest absolute Gasteiger partial charge is 0.366 e. The molecule has 3 rings (SSSR count). The van der Waals surface area contributed by atoms with E-state index in [0.717, 1.165) is 25.9 Å². The van der Waals surface area contributed by atoms with E-state index in [9.17, 15) is 14.0 Å². The lowest BCUT2D eigenvalue weighted by molar-refractivity contribution is 0.0935. The van der Waals surface area contributed by atoms with Gasteiger partial charge >= 0.3 is 0 Å². The van der Waals surface area contributed by atoms with E-state index in [4.69, 9.17) is 17.3 Å². The van der Waals surface area contributed by atoms with Crippen LogP contribution in [0.5, 0.6) is 0 Å². The maximum absolute atomic E-state index is 14.5. The summed E-state index contributed by atoms with van der Waals surface area (Å²) in [5, 5.41) is 3.21. The summed E-state index contributed by atoms with van der Waals surface area (Å²) in [5.41, 5.74) is 6.35. The number of carbonyl (C=O) groups excluding carboxylic acids is 2. The Labute approximate surface area is 162 Å². The number of carbonyl (C=O) groups is 2. The van der Waals surface area contributed by atoms with Crippen molar-refractivity contribution in [2.75, 3.05) is 19.6 Å². The summed E-state index contributed by atoms with van der Waals surface area (Å²) in [6, 6.07) is 10.4. The lowest BCUT2D eigenvalue weighted by Crippen LogP contribution is -2.37. The number of likely N-dealkylation sites (tertiary alicyclic amines) is 1. The Balaban J connectivity index is 1.76. The van der Waals surface area contributed by atoms with Crippen molar-refractivity contribution in [3.05, 3.63) is 70.0 Å². The first kappa shape index (κ1) is 19.3. The molecular weight excluding hydrogens is 369 g/mol. The first-order valence-electron chi connectivity index (χ1n) is 8.83. The van der Waals surface area contributed by atoms with Gasteiger partial charge in [-0.1, -0.05) is 17.7 Å². The predicted molar refractivity (Wildman–Crippen MR) is 102 cm³/mol. The molecule has 3 N–H and O–H groups in total. The first-order chi connectivity index (χ1) is 13.0. The summed E-state index contributed by atoms with van der Waals surface area (Å²) < 4.78 is 14.5. The van der Waals surface area contributed by atoms with E-state index in [1.807, 2.05) is 0 Å². The van der Waals surface area contributed by atoms with Crippen LogP contribution in [0.25, 0.3) is 0 Å². The molecule has 7 heteroatoms. The number of hydrogen-bond donors (Lipinski definition) is 2. The molecule has 0 bridgehead atoms. The second-order valence-corrected chi connectivity index (χ2v) is 6.95. The zero-order chi connectivity index (χ0) is 19.4. The summed E-state index contributed by atoms with van der Waals surface area (Å²) in [4.78, 5) is 25.7. The number of amides is 2. The van der Waals surface area contributed by atoms with Crippen molar-refractivity contribution in [2.24, 2.45) is 5.73 Å². The predicted octanol–water partition coefficient (Wildman–Crippen LogP) is 3.14. The summed E-state index contributed by atoms with van der Waals surface area (Å²) in [6.45, 7) is 1.90. The highest BCUT2D eigenvalue weighted by molar-refractivity contribution is 6.31. The highest BCUT2D eigenvalue weighted by atomic mass is 35.5. The molecule has 2 aromatic carbocycles. The third-order valence-corrected chi connectivity index (χ3v) is 5.13. The number of nitrogens with one attached hydrogen (secondary N) is 1. The van der Waals surface area contributed by atoms with Crippen LogP contribution in [-0.4, -0.2) is 36.3 Å². The van der Waals surface area contributed by atoms with Crippen LogP contribution in [0.2, 0.25) is 5.02 Å². The minimum Gasteiger partial charge on any atom is -0.366 e. The molecule has 1 aliphatic heterocycles. The minimum absolute atomic E-state index is 0.233. The van der Waals surface area contributed by atoms with Gasteiger partial charge in [-0.05, 0) is 62.3 Å². The number of primary amides is 1. The van der Waals surface area contributed by atoms with Gasteiger partial charge in [-0.25, -0.2) is 4.39 Å². The molecule has 0 spiro atoms. The van der Waals surface area contributed by atoms with Gasteiger partial charge in [-0.15, -0.1) is 0 Å². The van der Waals surface area contributed by atoms with Gasteiger partial charge in [0.05, 0.1) is 6.04 Å². The maximum atomic E-state index is 14.5. The zero-order valence-electron chi connectivity index (χ0n) is 14.8. The lowest BCUT2D eigenvalue weighted by Gasteiger charge is -2.29. The molecule has 2 amide bonds. The van der Waals surface area contributed by atoms with Crippen LogP contribution in [0.15, 0.2) is 42.5 Å². The number of rotatable bonds is 6. The van der Waals surface area contributed by atoms with Crippen LogP contribution in [0.1, 0.15) is 45.2 Å². The van der Waals surface area contributed by atoms with Crippen molar-refractivity contribution in [2.45, 2.75) is 18.9 Å². The van der Waals surface area contributed by atoms with Gasteiger partial charge in [-0.3, -0.25) is 14.5 Å². The third-order valence-electron chi connectivity index (χ3n) is 4.80. The van der Waals surface area contributed by atoms with Crippen molar-refractivity contribution in [3.63, 3.8) is 0 Å². The third kappa shape index (κ3) is 4.46. The molecule has 0 aliphatic carbocycles. The second kappa shape index (κ2) is 8.50. The molecule has 1 saturated heterocycles. The molecule has 1 aliphatic rings. The number of halogens is 2. The molecule has 2 aromatic rings. The molecule has 142 valence electrons. The Morgan fingerprint density at radius 3 is 2.33 bits per heavy atom.